The fourth-order valence-electron chi connectivity index (χ4n) is 0.596. The zero-order chi connectivity index (χ0) is 10.3. The summed E-state index contributed by atoms with van der Waals surface area (Å²) in [4.78, 5) is 20.9. The van der Waals surface area contributed by atoms with Crippen LogP contribution in [-0.4, -0.2) is 31.0 Å². The average Bonchev–Trinajstić information content (AvgIpc) is 2.01. The van der Waals surface area contributed by atoms with Gasteiger partial charge < -0.3 is 20.6 Å². The van der Waals surface area contributed by atoms with Crippen molar-refractivity contribution in [1.82, 2.24) is 0 Å². The van der Waals surface area contributed by atoms with Gasteiger partial charge in [-0.1, -0.05) is 0 Å². The van der Waals surface area contributed by atoms with Crippen LogP contribution in [0.15, 0.2) is 0 Å². The first-order valence-electron chi connectivity index (χ1n) is 3.70. The predicted molar refractivity (Wildman–Crippen MR) is 44.5 cm³/mol. The highest BCUT2D eigenvalue weighted by Gasteiger charge is 2.07. The normalized spacial score (nSPS) is 9.00. The van der Waals surface area contributed by atoms with Gasteiger partial charge in [-0.05, 0) is 6.92 Å². The Kier molecular flexibility index (Phi) is 5.25. The molecule has 6 nitrogen and oxygen atoms in total. The van der Waals surface area contributed by atoms with Crippen molar-refractivity contribution in [2.24, 2.45) is 5.73 Å². The van der Waals surface area contributed by atoms with E-state index in [1.165, 1.54) is 0 Å². The molecule has 0 aliphatic heterocycles. The van der Waals surface area contributed by atoms with Crippen LogP contribution in [0.4, 0.5) is 4.79 Å². The maximum Gasteiger partial charge on any atom is 0.404 e. The molecule has 0 fully saturated rings. The molecule has 0 aliphatic carbocycles. The lowest BCUT2D eigenvalue weighted by atomic mass is 10.3. The SMILES string of the molecule is CCOC(=O)CC(=N)COC(N)=O. The Labute approximate surface area is 75.5 Å². The summed E-state index contributed by atoms with van der Waals surface area (Å²) in [6, 6.07) is 0. The van der Waals surface area contributed by atoms with E-state index in [-0.39, 0.29) is 25.3 Å². The molecule has 0 saturated carbocycles. The number of ether oxygens (including phenoxy) is 2. The van der Waals surface area contributed by atoms with E-state index in [1.54, 1.807) is 6.92 Å². The lowest BCUT2D eigenvalue weighted by molar-refractivity contribution is -0.141. The molecule has 0 unspecified atom stereocenters. The number of primary amides is 1. The Hall–Kier alpha value is -1.59. The van der Waals surface area contributed by atoms with Crippen molar-refractivity contribution in [2.75, 3.05) is 13.2 Å². The number of carbonyl (C=O) groups excluding carboxylic acids is 2. The van der Waals surface area contributed by atoms with E-state index in [0.717, 1.165) is 0 Å². The van der Waals surface area contributed by atoms with Crippen LogP contribution in [0.25, 0.3) is 0 Å². The van der Waals surface area contributed by atoms with Gasteiger partial charge in [-0.3, -0.25) is 4.79 Å². The zero-order valence-electron chi connectivity index (χ0n) is 7.33. The summed E-state index contributed by atoms with van der Waals surface area (Å²) in [5.41, 5.74) is 4.61. The second-order valence-electron chi connectivity index (χ2n) is 2.19. The number of carbonyl (C=O) groups is 2. The monoisotopic (exact) mass is 188 g/mol. The van der Waals surface area contributed by atoms with Crippen molar-refractivity contribution in [2.45, 2.75) is 13.3 Å². The van der Waals surface area contributed by atoms with Gasteiger partial charge in [0.2, 0.25) is 0 Å². The molecule has 1 amide bonds. The fraction of sp³-hybridized carbons (Fsp3) is 0.571. The number of hydrogen-bond donors (Lipinski definition) is 2. The van der Waals surface area contributed by atoms with Crippen molar-refractivity contribution in [3.05, 3.63) is 0 Å². The van der Waals surface area contributed by atoms with Crippen molar-refractivity contribution >= 4 is 17.8 Å². The second-order valence-corrected chi connectivity index (χ2v) is 2.19. The Morgan fingerprint density at radius 3 is 2.46 bits per heavy atom. The van der Waals surface area contributed by atoms with Crippen LogP contribution in [0.5, 0.6) is 0 Å². The average molecular weight is 188 g/mol. The molecule has 0 heterocycles. The smallest absolute Gasteiger partial charge is 0.404 e. The van der Waals surface area contributed by atoms with E-state index in [4.69, 9.17) is 5.41 Å². The minimum absolute atomic E-state index is 0.0442. The first kappa shape index (κ1) is 11.4. The number of esters is 1. The van der Waals surface area contributed by atoms with E-state index in [0.29, 0.717) is 0 Å². The van der Waals surface area contributed by atoms with Crippen LogP contribution >= 0.6 is 0 Å². The van der Waals surface area contributed by atoms with Crippen LogP contribution in [-0.2, 0) is 14.3 Å². The van der Waals surface area contributed by atoms with Gasteiger partial charge in [0.25, 0.3) is 0 Å². The highest BCUT2D eigenvalue weighted by atomic mass is 16.5. The molecular weight excluding hydrogens is 176 g/mol. The van der Waals surface area contributed by atoms with E-state index in [2.05, 4.69) is 15.2 Å². The van der Waals surface area contributed by atoms with Gasteiger partial charge in [-0.15, -0.1) is 0 Å². The third kappa shape index (κ3) is 6.79. The molecule has 0 aromatic rings. The molecule has 13 heavy (non-hydrogen) atoms. The number of nitrogens with two attached hydrogens (primary N) is 1. The molecule has 0 aliphatic rings. The minimum atomic E-state index is -0.964. The van der Waals surface area contributed by atoms with Crippen LogP contribution < -0.4 is 5.73 Å². The molecule has 0 saturated heterocycles. The molecule has 0 radical (unpaired) electrons. The summed E-state index contributed by atoms with van der Waals surface area (Å²) in [6.07, 6.45) is -1.14. The Morgan fingerprint density at radius 2 is 2.00 bits per heavy atom. The predicted octanol–water partition coefficient (Wildman–Crippen LogP) is 0.0547. The number of rotatable bonds is 5. The van der Waals surface area contributed by atoms with Crippen LogP contribution in [0, 0.1) is 5.41 Å². The van der Waals surface area contributed by atoms with E-state index in [1.807, 2.05) is 0 Å². The Balaban J connectivity index is 3.62. The van der Waals surface area contributed by atoms with Crippen LogP contribution in [0.1, 0.15) is 13.3 Å². The third-order valence-electron chi connectivity index (χ3n) is 1.05. The topological polar surface area (TPSA) is 102 Å². The minimum Gasteiger partial charge on any atom is -0.466 e. The van der Waals surface area contributed by atoms with Gasteiger partial charge in [0.1, 0.15) is 6.61 Å². The van der Waals surface area contributed by atoms with E-state index >= 15 is 0 Å². The Morgan fingerprint density at radius 1 is 1.38 bits per heavy atom. The summed E-state index contributed by atoms with van der Waals surface area (Å²) in [5.74, 6) is -0.513. The van der Waals surface area contributed by atoms with Gasteiger partial charge in [0, 0.05) is 0 Å². The van der Waals surface area contributed by atoms with Gasteiger partial charge in [-0.2, -0.15) is 0 Å². The molecule has 0 aromatic heterocycles. The molecular formula is C7H12N2O4. The van der Waals surface area contributed by atoms with Crippen LogP contribution in [0.2, 0.25) is 0 Å². The molecule has 0 rings (SSSR count). The second kappa shape index (κ2) is 5.99. The van der Waals surface area contributed by atoms with Gasteiger partial charge >= 0.3 is 12.1 Å². The maximum absolute atomic E-state index is 10.8. The number of hydrogen-bond acceptors (Lipinski definition) is 5. The molecule has 0 bridgehead atoms. The standard InChI is InChI=1S/C7H12N2O4/c1-2-12-6(10)3-5(8)4-13-7(9)11/h8H,2-4H2,1H3,(H2,9,11). The lowest BCUT2D eigenvalue weighted by Crippen LogP contribution is -2.20. The lowest BCUT2D eigenvalue weighted by Gasteiger charge is -2.03. The summed E-state index contributed by atoms with van der Waals surface area (Å²) in [7, 11) is 0. The summed E-state index contributed by atoms with van der Waals surface area (Å²) < 4.78 is 8.86. The molecule has 0 atom stereocenters. The van der Waals surface area contributed by atoms with E-state index in [9.17, 15) is 9.59 Å². The maximum atomic E-state index is 10.8. The highest BCUT2D eigenvalue weighted by molar-refractivity contribution is 5.98. The summed E-state index contributed by atoms with van der Waals surface area (Å²) in [6.45, 7) is 1.67. The summed E-state index contributed by atoms with van der Waals surface area (Å²) >= 11 is 0. The van der Waals surface area contributed by atoms with Crippen molar-refractivity contribution in [3.8, 4) is 0 Å². The van der Waals surface area contributed by atoms with Crippen LogP contribution in [0.3, 0.4) is 0 Å². The van der Waals surface area contributed by atoms with Gasteiger partial charge in [0.15, 0.2) is 0 Å². The van der Waals surface area contributed by atoms with Crippen molar-refractivity contribution in [3.63, 3.8) is 0 Å². The summed E-state index contributed by atoms with van der Waals surface area (Å²) in [5, 5.41) is 7.16. The quantitative estimate of drug-likeness (QED) is 0.470. The largest absolute Gasteiger partial charge is 0.466 e. The van der Waals surface area contributed by atoms with Crippen molar-refractivity contribution in [1.29, 1.82) is 5.41 Å². The van der Waals surface area contributed by atoms with Crippen molar-refractivity contribution < 1.29 is 19.1 Å². The fourth-order valence-corrected chi connectivity index (χ4v) is 0.596. The first-order valence-corrected chi connectivity index (χ1v) is 3.70. The number of nitrogens with one attached hydrogen (secondary N) is 1. The molecule has 3 N–H and O–H groups in total. The zero-order valence-corrected chi connectivity index (χ0v) is 7.33. The van der Waals surface area contributed by atoms with Gasteiger partial charge in [0.05, 0.1) is 18.7 Å². The Bertz CT molecular complexity index is 215. The van der Waals surface area contributed by atoms with Gasteiger partial charge in [-0.25, -0.2) is 4.79 Å². The molecule has 6 heteroatoms. The highest BCUT2D eigenvalue weighted by Crippen LogP contribution is 1.90. The first-order chi connectivity index (χ1) is 6.06. The molecule has 74 valence electrons. The molecule has 0 spiro atoms. The molecule has 0 aromatic carbocycles. The van der Waals surface area contributed by atoms with E-state index < -0.39 is 12.1 Å². The third-order valence-corrected chi connectivity index (χ3v) is 1.05. The number of amides is 1.